The van der Waals surface area contributed by atoms with Crippen molar-refractivity contribution in [3.63, 3.8) is 0 Å². The second-order valence-corrected chi connectivity index (χ2v) is 31.3. The van der Waals surface area contributed by atoms with Gasteiger partial charge in [-0.05, 0) is 120 Å². The number of rotatable bonds is 12. The van der Waals surface area contributed by atoms with Crippen LogP contribution in [0, 0.1) is 29.6 Å². The Morgan fingerprint density at radius 1 is 0.587 bits per heavy atom. The van der Waals surface area contributed by atoms with E-state index in [1.54, 1.807) is 13.8 Å². The normalized spacial score (nSPS) is 29.5. The van der Waals surface area contributed by atoms with Gasteiger partial charge in [-0.3, -0.25) is 57.5 Å². The van der Waals surface area contributed by atoms with E-state index < -0.39 is 199 Å². The molecule has 588 valence electrons. The maximum atomic E-state index is 15.8. The van der Waals surface area contributed by atoms with Gasteiger partial charge in [0.25, 0.3) is 0 Å². The number of nitrogens with one attached hydrogen (secondary N) is 3. The average molecular weight is 1500 g/mol. The summed E-state index contributed by atoms with van der Waals surface area (Å²) < 4.78 is 88.6. The predicted octanol–water partition coefficient (Wildman–Crippen LogP) is 6.02. The van der Waals surface area contributed by atoms with Crippen molar-refractivity contribution in [2.75, 3.05) is 102 Å². The van der Waals surface area contributed by atoms with Gasteiger partial charge in [-0.25, -0.2) is 0 Å². The molecular formula is C72H113ClF6N12O13. The summed E-state index contributed by atoms with van der Waals surface area (Å²) in [6.45, 7) is -0.969. The molecule has 3 saturated heterocycles. The molecule has 3 heterocycles. The first kappa shape index (κ1) is 84.7. The van der Waals surface area contributed by atoms with Gasteiger partial charge in [-0.15, -0.1) is 11.6 Å². The van der Waals surface area contributed by atoms with Crippen LogP contribution in [0.5, 0.6) is 0 Å². The fraction of sp³-hybridized carbons (Fsp3) is 0.833. The predicted molar refractivity (Wildman–Crippen MR) is 372 cm³/mol. The lowest BCUT2D eigenvalue weighted by atomic mass is 9.78. The molecule has 0 aromatic heterocycles. The van der Waals surface area contributed by atoms with Crippen LogP contribution in [0.25, 0.3) is 0 Å². The average Bonchev–Trinajstić information content (AvgIpc) is 1.41. The second-order valence-electron chi connectivity index (χ2n) is 30.7. The molecule has 3 N–H and O–H groups in total. The molecule has 7 rings (SSSR count). The molecule has 0 aromatic rings. The summed E-state index contributed by atoms with van der Waals surface area (Å²) in [5.74, 6) is -12.6. The van der Waals surface area contributed by atoms with Crippen molar-refractivity contribution < 1.29 is 88.6 Å². The standard InChI is InChI=1S/C72H113ClF6N12O13/c1-10-45(2)60-67(101)85(5)41-58(94)83(3)42-59(95)86(6)53(38-46-23-14-11-15-24-46)65(99)84(4)40-56(92)80-51(31-29-47-28-30-49(50(73)37-47)72(77,78)79)64(98)91-36-22-27-52(91)63(97)82-70(32-18-19-33-70)69(103)89(9)61(48-25-16-12-17-26-48)68(102)88(8)54(66(100)90-34-20-13-21-35-90)39-57(93)87(7)55(62(96)81-60)43-104-44-71(74,75)76/h45-55,60-61H,10-44H2,1-9H3,(H,80,92)(H,81,96)(H,82,97)/t45-,47?,49?,50?,51-,52-,53-,54-,55-,60-,61-/m0/s1. The van der Waals surface area contributed by atoms with Gasteiger partial charge in [-0.1, -0.05) is 84.5 Å². The number of piperidine rings is 1. The number of likely N-dealkylation sites (tertiary alicyclic amines) is 1. The quantitative estimate of drug-likeness (QED) is 0.149. The van der Waals surface area contributed by atoms with Crippen molar-refractivity contribution in [3.8, 4) is 0 Å². The third kappa shape index (κ3) is 22.1. The van der Waals surface area contributed by atoms with E-state index in [4.69, 9.17) is 16.3 Å². The highest BCUT2D eigenvalue weighted by Crippen LogP contribution is 2.44. The van der Waals surface area contributed by atoms with E-state index in [9.17, 15) is 55.1 Å². The molecule has 7 aliphatic rings. The Kier molecular flexibility index (Phi) is 30.8. The van der Waals surface area contributed by atoms with Crippen LogP contribution in [0.15, 0.2) is 0 Å². The number of halogens is 7. The van der Waals surface area contributed by atoms with Gasteiger partial charge in [0, 0.05) is 74.3 Å². The number of amides is 12. The number of carbonyl (C=O) groups excluding carboxylic acids is 12. The minimum atomic E-state index is -4.89. The number of ether oxygens (including phenoxy) is 1. The summed E-state index contributed by atoms with van der Waals surface area (Å²) in [5.41, 5.74) is -1.63. The number of fused-ring (bicyclic) bond motifs is 1. The smallest absolute Gasteiger partial charge is 0.369 e. The minimum absolute atomic E-state index is 0.0198. The van der Waals surface area contributed by atoms with Crippen molar-refractivity contribution in [2.45, 2.75) is 253 Å². The van der Waals surface area contributed by atoms with Crippen molar-refractivity contribution in [2.24, 2.45) is 29.6 Å². The summed E-state index contributed by atoms with van der Waals surface area (Å²) in [6.07, 6.45) is 0.910. The maximum absolute atomic E-state index is 15.8. The van der Waals surface area contributed by atoms with Crippen LogP contribution in [0.4, 0.5) is 26.3 Å². The van der Waals surface area contributed by atoms with Gasteiger partial charge in [0.1, 0.15) is 54.4 Å². The number of alkyl halides is 7. The number of carbonyl (C=O) groups is 12. The van der Waals surface area contributed by atoms with Gasteiger partial charge in [0.15, 0.2) is 0 Å². The molecule has 3 unspecified atom stereocenters. The van der Waals surface area contributed by atoms with Gasteiger partial charge in [0.05, 0.1) is 38.6 Å². The molecule has 0 aromatic carbocycles. The van der Waals surface area contributed by atoms with E-state index in [0.29, 0.717) is 57.8 Å². The van der Waals surface area contributed by atoms with E-state index in [2.05, 4.69) is 16.0 Å². The van der Waals surface area contributed by atoms with Gasteiger partial charge >= 0.3 is 12.4 Å². The molecule has 104 heavy (non-hydrogen) atoms. The zero-order chi connectivity index (χ0) is 76.7. The highest BCUT2D eigenvalue weighted by Gasteiger charge is 2.52. The zero-order valence-corrected chi connectivity index (χ0v) is 63.0. The SMILES string of the molecule is CC[C@H](C)[C@@H]1NC(=O)[C@H](COCC(F)(F)F)N(C)C(=O)C[C@@H](C(=O)N2CCCCC2)N(C)C(=O)[C@H](C2CCCCC2)N(C)C(=O)C2(CCCC2)NC(=O)[C@@H]2CCCN2C(=O)[C@H](CCC2CCC(C(F)(F)F)C(Cl)C2)NC(=O)CN(C)C(=O)[C@H](CC2CCCCC2)N(C)C(=O)CN(C)C(=O)CN(C)C1=O. The third-order valence-electron chi connectivity index (χ3n) is 23.3. The number of hydrogen-bond donors (Lipinski definition) is 3. The number of hydrogen-bond acceptors (Lipinski definition) is 13. The van der Waals surface area contributed by atoms with Crippen molar-refractivity contribution in [1.29, 1.82) is 0 Å². The molecule has 25 nitrogen and oxygen atoms in total. The number of nitrogens with zero attached hydrogens (tertiary/aromatic N) is 9. The fourth-order valence-corrected chi connectivity index (χ4v) is 17.1. The molecule has 4 saturated carbocycles. The Bertz CT molecular complexity index is 3020. The van der Waals surface area contributed by atoms with Gasteiger partial charge < -0.3 is 64.8 Å². The van der Waals surface area contributed by atoms with Crippen LogP contribution < -0.4 is 16.0 Å². The molecule has 11 atom stereocenters. The minimum Gasteiger partial charge on any atom is -0.369 e. The largest absolute Gasteiger partial charge is 0.411 e. The molecule has 1 spiro atoms. The van der Waals surface area contributed by atoms with Crippen LogP contribution in [-0.2, 0) is 62.3 Å². The van der Waals surface area contributed by atoms with Crippen molar-refractivity contribution in [1.82, 2.24) is 60.0 Å². The van der Waals surface area contributed by atoms with Crippen LogP contribution in [0.2, 0.25) is 0 Å². The highest BCUT2D eigenvalue weighted by atomic mass is 35.5. The van der Waals surface area contributed by atoms with E-state index in [-0.39, 0.29) is 89.8 Å². The molecular weight excluding hydrogens is 1390 g/mol. The zero-order valence-electron chi connectivity index (χ0n) is 62.2. The summed E-state index contributed by atoms with van der Waals surface area (Å²) in [7, 11) is 9.21. The lowest BCUT2D eigenvalue weighted by molar-refractivity contribution is -0.182. The summed E-state index contributed by atoms with van der Waals surface area (Å²) in [4.78, 5) is 190. The Morgan fingerprint density at radius 2 is 1.18 bits per heavy atom. The fourth-order valence-electron chi connectivity index (χ4n) is 16.6. The second kappa shape index (κ2) is 37.8. The number of likely N-dealkylation sites (N-methyl/N-ethyl adjacent to an activating group) is 7. The van der Waals surface area contributed by atoms with Crippen LogP contribution in [-0.4, -0.2) is 282 Å². The van der Waals surface area contributed by atoms with Crippen LogP contribution in [0.3, 0.4) is 0 Å². The molecule has 3 aliphatic heterocycles. The van der Waals surface area contributed by atoms with Gasteiger partial charge in [0.2, 0.25) is 70.9 Å². The molecule has 32 heteroatoms. The third-order valence-corrected chi connectivity index (χ3v) is 23.8. The Hall–Kier alpha value is -6.53. The Morgan fingerprint density at radius 3 is 1.79 bits per heavy atom. The lowest BCUT2D eigenvalue weighted by Gasteiger charge is -2.43. The lowest BCUT2D eigenvalue weighted by Crippen LogP contribution is -2.65. The Labute approximate surface area is 612 Å². The summed E-state index contributed by atoms with van der Waals surface area (Å²) in [6, 6.07) is -10.0. The van der Waals surface area contributed by atoms with Crippen LogP contribution >= 0.6 is 11.6 Å². The Balaban J connectivity index is 1.29. The monoisotopic (exact) mass is 1500 g/mol. The van der Waals surface area contributed by atoms with Crippen LogP contribution in [0.1, 0.15) is 187 Å². The van der Waals surface area contributed by atoms with E-state index in [0.717, 1.165) is 76.5 Å². The van der Waals surface area contributed by atoms with Crippen molar-refractivity contribution >= 4 is 82.5 Å². The van der Waals surface area contributed by atoms with E-state index in [1.165, 1.54) is 61.9 Å². The molecule has 12 amide bonds. The summed E-state index contributed by atoms with van der Waals surface area (Å²) >= 11 is 6.40. The summed E-state index contributed by atoms with van der Waals surface area (Å²) in [5, 5.41) is 7.21. The van der Waals surface area contributed by atoms with E-state index in [1.807, 2.05) is 0 Å². The molecule has 0 bridgehead atoms. The first-order valence-corrected chi connectivity index (χ1v) is 38.1. The first-order valence-electron chi connectivity index (χ1n) is 37.6. The first-order chi connectivity index (χ1) is 49.0. The van der Waals surface area contributed by atoms with Gasteiger partial charge in [-0.2, -0.15) is 26.3 Å². The molecule has 4 aliphatic carbocycles. The molecule has 7 fully saturated rings. The van der Waals surface area contributed by atoms with E-state index >= 15 is 28.8 Å². The maximum Gasteiger partial charge on any atom is 0.411 e. The highest BCUT2D eigenvalue weighted by molar-refractivity contribution is 6.21. The topological polar surface area (TPSA) is 279 Å². The van der Waals surface area contributed by atoms with Crippen molar-refractivity contribution in [3.05, 3.63) is 0 Å². The molecule has 0 radical (unpaired) electrons.